The maximum atomic E-state index is 14.4. The standard InChI is InChI=1S/C31H42N2O2/c1-10-23-25-17-13-14-18-26(25)33(19-22-15-11-12-16-24(22)27(23)20(2)3)29(35)30(6,7)31(8,9)32-28(34)21(4)5/h11-18,20-21H,10,19H2,1-9H3,(H,32,34)/b27-23-. The zero-order valence-corrected chi connectivity index (χ0v) is 23.0. The van der Waals surface area contributed by atoms with E-state index in [4.69, 9.17) is 0 Å². The molecule has 0 saturated carbocycles. The molecule has 4 nitrogen and oxygen atoms in total. The molecule has 188 valence electrons. The summed E-state index contributed by atoms with van der Waals surface area (Å²) in [6.45, 7) is 18.7. The predicted octanol–water partition coefficient (Wildman–Crippen LogP) is 7.09. The smallest absolute Gasteiger partial charge is 0.235 e. The molecule has 0 bridgehead atoms. The van der Waals surface area contributed by atoms with E-state index in [1.54, 1.807) is 0 Å². The van der Waals surface area contributed by atoms with E-state index < -0.39 is 11.0 Å². The number of fused-ring (bicyclic) bond motifs is 2. The summed E-state index contributed by atoms with van der Waals surface area (Å²) in [6, 6.07) is 16.7. The van der Waals surface area contributed by atoms with E-state index in [9.17, 15) is 9.59 Å². The fourth-order valence-electron chi connectivity index (χ4n) is 4.88. The minimum Gasteiger partial charge on any atom is -0.350 e. The van der Waals surface area contributed by atoms with Crippen molar-refractivity contribution < 1.29 is 9.59 Å². The Morgan fingerprint density at radius 2 is 1.49 bits per heavy atom. The number of rotatable bonds is 6. The first-order valence-corrected chi connectivity index (χ1v) is 12.9. The summed E-state index contributed by atoms with van der Waals surface area (Å²) < 4.78 is 0. The zero-order valence-electron chi connectivity index (χ0n) is 23.0. The van der Waals surface area contributed by atoms with Gasteiger partial charge in [0.25, 0.3) is 0 Å². The number of anilines is 1. The van der Waals surface area contributed by atoms with Crippen LogP contribution in [0.5, 0.6) is 0 Å². The Morgan fingerprint density at radius 1 is 0.914 bits per heavy atom. The maximum absolute atomic E-state index is 14.4. The third-order valence-electron chi connectivity index (χ3n) is 7.71. The molecule has 1 aliphatic rings. The van der Waals surface area contributed by atoms with E-state index in [0.29, 0.717) is 12.5 Å². The highest BCUT2D eigenvalue weighted by atomic mass is 16.2. The summed E-state index contributed by atoms with van der Waals surface area (Å²) >= 11 is 0. The van der Waals surface area contributed by atoms with Gasteiger partial charge in [-0.05, 0) is 68.4 Å². The molecule has 1 aliphatic heterocycles. The highest BCUT2D eigenvalue weighted by molar-refractivity contribution is 6.04. The van der Waals surface area contributed by atoms with Gasteiger partial charge >= 0.3 is 0 Å². The maximum Gasteiger partial charge on any atom is 0.235 e. The van der Waals surface area contributed by atoms with E-state index in [2.05, 4.69) is 68.6 Å². The molecule has 1 N–H and O–H groups in total. The van der Waals surface area contributed by atoms with Crippen molar-refractivity contribution in [1.29, 1.82) is 0 Å². The van der Waals surface area contributed by atoms with Crippen molar-refractivity contribution in [2.45, 2.75) is 80.8 Å². The first-order chi connectivity index (χ1) is 16.3. The number of hydrogen-bond donors (Lipinski definition) is 1. The first-order valence-electron chi connectivity index (χ1n) is 12.9. The molecule has 35 heavy (non-hydrogen) atoms. The van der Waals surface area contributed by atoms with Crippen LogP contribution in [0.25, 0.3) is 11.1 Å². The van der Waals surface area contributed by atoms with Gasteiger partial charge in [-0.3, -0.25) is 9.59 Å². The number of nitrogens with one attached hydrogen (secondary N) is 1. The second kappa shape index (κ2) is 10.0. The van der Waals surface area contributed by atoms with Crippen LogP contribution in [0.2, 0.25) is 0 Å². The van der Waals surface area contributed by atoms with Gasteiger partial charge in [-0.2, -0.15) is 0 Å². The second-order valence-corrected chi connectivity index (χ2v) is 11.4. The largest absolute Gasteiger partial charge is 0.350 e. The van der Waals surface area contributed by atoms with Crippen LogP contribution in [0, 0.1) is 17.3 Å². The van der Waals surface area contributed by atoms with Crippen molar-refractivity contribution in [3.8, 4) is 0 Å². The SMILES string of the molecule is CC/C1=C(\C(C)C)c2ccccc2CN(C(=O)C(C)(C)C(C)(C)NC(=O)C(C)C)c2ccccc21. The summed E-state index contributed by atoms with van der Waals surface area (Å²) in [5, 5.41) is 3.13. The highest BCUT2D eigenvalue weighted by Crippen LogP contribution is 2.44. The number of hydrogen-bond acceptors (Lipinski definition) is 2. The molecule has 1 heterocycles. The van der Waals surface area contributed by atoms with E-state index in [-0.39, 0.29) is 17.7 Å². The van der Waals surface area contributed by atoms with E-state index in [1.807, 2.05) is 52.5 Å². The minimum atomic E-state index is -0.851. The quantitative estimate of drug-likeness (QED) is 0.486. The molecular weight excluding hydrogens is 432 g/mol. The van der Waals surface area contributed by atoms with Crippen molar-refractivity contribution in [1.82, 2.24) is 5.32 Å². The summed E-state index contributed by atoms with van der Waals surface area (Å²) in [4.78, 5) is 29.0. The van der Waals surface area contributed by atoms with Crippen molar-refractivity contribution in [2.24, 2.45) is 17.3 Å². The number of allylic oxidation sites excluding steroid dienone is 2. The van der Waals surface area contributed by atoms with Crippen LogP contribution in [0.1, 0.15) is 85.4 Å². The number of amides is 2. The van der Waals surface area contributed by atoms with Gasteiger partial charge in [0, 0.05) is 17.0 Å². The van der Waals surface area contributed by atoms with Crippen LogP contribution >= 0.6 is 0 Å². The number of nitrogens with zero attached hydrogens (tertiary/aromatic N) is 1. The molecule has 0 spiro atoms. The Hall–Kier alpha value is -2.88. The molecule has 0 saturated heterocycles. The van der Waals surface area contributed by atoms with Gasteiger partial charge in [0.05, 0.1) is 17.6 Å². The number of para-hydroxylation sites is 1. The molecular formula is C31H42N2O2. The summed E-state index contributed by atoms with van der Waals surface area (Å²) in [5.41, 5.74) is 5.45. The Labute approximate surface area is 211 Å². The van der Waals surface area contributed by atoms with Crippen LogP contribution in [0.4, 0.5) is 5.69 Å². The average Bonchev–Trinajstić information content (AvgIpc) is 2.79. The lowest BCUT2D eigenvalue weighted by molar-refractivity contribution is -0.134. The Bertz CT molecular complexity index is 1140. The van der Waals surface area contributed by atoms with Crippen LogP contribution in [0.3, 0.4) is 0 Å². The third kappa shape index (κ3) is 4.94. The topological polar surface area (TPSA) is 49.4 Å². The van der Waals surface area contributed by atoms with E-state index >= 15 is 0 Å². The molecule has 0 radical (unpaired) electrons. The van der Waals surface area contributed by atoms with Crippen LogP contribution in [-0.2, 0) is 16.1 Å². The molecule has 0 fully saturated rings. The van der Waals surface area contributed by atoms with Crippen molar-refractivity contribution in [3.05, 3.63) is 65.2 Å². The van der Waals surface area contributed by atoms with Gasteiger partial charge in [-0.15, -0.1) is 0 Å². The molecule has 4 heteroatoms. The van der Waals surface area contributed by atoms with Gasteiger partial charge in [0.15, 0.2) is 0 Å². The normalized spacial score (nSPS) is 16.5. The second-order valence-electron chi connectivity index (χ2n) is 11.4. The van der Waals surface area contributed by atoms with Gasteiger partial charge in [0.2, 0.25) is 11.8 Å². The monoisotopic (exact) mass is 474 g/mol. The van der Waals surface area contributed by atoms with E-state index in [0.717, 1.165) is 23.2 Å². The van der Waals surface area contributed by atoms with Gasteiger partial charge in [-0.25, -0.2) is 0 Å². The van der Waals surface area contributed by atoms with Crippen molar-refractivity contribution in [2.75, 3.05) is 4.90 Å². The lowest BCUT2D eigenvalue weighted by Gasteiger charge is -2.44. The molecule has 0 atom stereocenters. The molecule has 2 aromatic carbocycles. The lowest BCUT2D eigenvalue weighted by Crippen LogP contribution is -2.60. The summed E-state index contributed by atoms with van der Waals surface area (Å²) in [7, 11) is 0. The average molecular weight is 475 g/mol. The molecule has 2 aromatic rings. The lowest BCUT2D eigenvalue weighted by atomic mass is 9.72. The highest BCUT2D eigenvalue weighted by Gasteiger charge is 2.47. The van der Waals surface area contributed by atoms with Gasteiger partial charge < -0.3 is 10.2 Å². The molecule has 0 aromatic heterocycles. The number of benzene rings is 2. The first kappa shape index (κ1) is 26.7. The van der Waals surface area contributed by atoms with Crippen molar-refractivity contribution >= 4 is 28.6 Å². The summed E-state index contributed by atoms with van der Waals surface area (Å²) in [5.74, 6) is 0.147. The minimum absolute atomic E-state index is 0.00254. The molecule has 2 amide bonds. The number of carbonyl (C=O) groups is 2. The van der Waals surface area contributed by atoms with Crippen molar-refractivity contribution in [3.63, 3.8) is 0 Å². The zero-order chi connectivity index (χ0) is 26.1. The third-order valence-corrected chi connectivity index (χ3v) is 7.71. The Morgan fingerprint density at radius 3 is 2.06 bits per heavy atom. The van der Waals surface area contributed by atoms with Crippen LogP contribution in [0.15, 0.2) is 48.5 Å². The van der Waals surface area contributed by atoms with Gasteiger partial charge in [0.1, 0.15) is 0 Å². The fourth-order valence-corrected chi connectivity index (χ4v) is 4.88. The molecule has 0 unspecified atom stereocenters. The summed E-state index contributed by atoms with van der Waals surface area (Å²) in [6.07, 6.45) is 0.875. The molecule has 0 aliphatic carbocycles. The van der Waals surface area contributed by atoms with Crippen LogP contribution < -0.4 is 10.2 Å². The molecule has 3 rings (SSSR count). The van der Waals surface area contributed by atoms with Gasteiger partial charge in [-0.1, -0.05) is 77.1 Å². The number of carbonyl (C=O) groups excluding carboxylic acids is 2. The predicted molar refractivity (Wildman–Crippen MR) is 147 cm³/mol. The van der Waals surface area contributed by atoms with Crippen LogP contribution in [-0.4, -0.2) is 17.4 Å². The van der Waals surface area contributed by atoms with E-state index in [1.165, 1.54) is 16.7 Å². The Balaban J connectivity index is 2.23. The fraction of sp³-hybridized carbons (Fsp3) is 0.484. The Kier molecular flexibility index (Phi) is 7.64.